The number of guanidine groups is 1. The maximum absolute atomic E-state index is 12.0. The Bertz CT molecular complexity index is 900. The molecule has 0 aromatic heterocycles. The molecule has 1 aliphatic carbocycles. The molecule has 0 unspecified atom stereocenters. The Labute approximate surface area is 185 Å². The van der Waals surface area contributed by atoms with Crippen LogP contribution in [-0.2, 0) is 12.0 Å². The molecule has 6 nitrogen and oxygen atoms in total. The zero-order chi connectivity index (χ0) is 22.3. The summed E-state index contributed by atoms with van der Waals surface area (Å²) in [6.07, 6.45) is 4.79. The number of nitrogens with one attached hydrogen (secondary N) is 2. The lowest BCUT2D eigenvalue weighted by Gasteiger charge is -2.31. The highest BCUT2D eigenvalue weighted by atomic mass is 16.5. The van der Waals surface area contributed by atoms with Crippen LogP contribution in [0.25, 0.3) is 0 Å². The van der Waals surface area contributed by atoms with E-state index in [9.17, 15) is 4.79 Å². The highest BCUT2D eigenvalue weighted by Gasteiger charge is 2.36. The summed E-state index contributed by atoms with van der Waals surface area (Å²) in [6, 6.07) is 16.1. The number of hydrogen-bond donors (Lipinski definition) is 2. The van der Waals surface area contributed by atoms with Gasteiger partial charge in [-0.1, -0.05) is 37.1 Å². The van der Waals surface area contributed by atoms with Crippen molar-refractivity contribution in [1.29, 1.82) is 0 Å². The number of methoxy groups -OCH3 is 1. The Morgan fingerprint density at radius 2 is 1.81 bits per heavy atom. The first-order valence-electron chi connectivity index (χ1n) is 10.9. The minimum atomic E-state index is 0.0105. The molecule has 2 aromatic carbocycles. The van der Waals surface area contributed by atoms with E-state index in [0.29, 0.717) is 12.1 Å². The van der Waals surface area contributed by atoms with Crippen molar-refractivity contribution in [3.63, 3.8) is 0 Å². The number of hydrogen-bond acceptors (Lipinski definition) is 3. The summed E-state index contributed by atoms with van der Waals surface area (Å²) >= 11 is 0. The van der Waals surface area contributed by atoms with Crippen molar-refractivity contribution in [2.45, 2.75) is 37.6 Å². The topological polar surface area (TPSA) is 66.0 Å². The van der Waals surface area contributed by atoms with Gasteiger partial charge in [-0.2, -0.15) is 0 Å². The van der Waals surface area contributed by atoms with Gasteiger partial charge in [0.2, 0.25) is 0 Å². The standard InChI is InChI=1S/C25H34N4O2/c1-26-24(27-17-19-10-12-20(13-11-19)23(30)29(2)3)28-18-25(14-5-6-15-25)21-8-7-9-22(16-21)31-4/h7-13,16H,5-6,14-15,17-18H2,1-4H3,(H2,26,27,28). The van der Waals surface area contributed by atoms with Gasteiger partial charge in [0, 0.05) is 45.2 Å². The minimum absolute atomic E-state index is 0.0105. The molecule has 0 saturated heterocycles. The highest BCUT2D eigenvalue weighted by molar-refractivity contribution is 5.93. The van der Waals surface area contributed by atoms with Crippen LogP contribution in [0.2, 0.25) is 0 Å². The fourth-order valence-corrected chi connectivity index (χ4v) is 4.25. The second-order valence-electron chi connectivity index (χ2n) is 8.40. The van der Waals surface area contributed by atoms with E-state index < -0.39 is 0 Å². The molecule has 2 aromatic rings. The van der Waals surface area contributed by atoms with Gasteiger partial charge in [-0.25, -0.2) is 0 Å². The van der Waals surface area contributed by atoms with Crippen LogP contribution < -0.4 is 15.4 Å². The first-order valence-corrected chi connectivity index (χ1v) is 10.9. The van der Waals surface area contributed by atoms with E-state index >= 15 is 0 Å². The van der Waals surface area contributed by atoms with E-state index in [1.54, 1.807) is 33.2 Å². The molecular weight excluding hydrogens is 388 g/mol. The summed E-state index contributed by atoms with van der Waals surface area (Å²) in [4.78, 5) is 18.0. The van der Waals surface area contributed by atoms with Crippen LogP contribution in [0.3, 0.4) is 0 Å². The summed E-state index contributed by atoms with van der Waals surface area (Å²) in [5.74, 6) is 1.70. The van der Waals surface area contributed by atoms with Crippen LogP contribution >= 0.6 is 0 Å². The first-order chi connectivity index (χ1) is 15.0. The zero-order valence-electron chi connectivity index (χ0n) is 19.1. The Hall–Kier alpha value is -3.02. The van der Waals surface area contributed by atoms with E-state index in [-0.39, 0.29) is 11.3 Å². The fourth-order valence-electron chi connectivity index (χ4n) is 4.25. The normalized spacial score (nSPS) is 15.4. The van der Waals surface area contributed by atoms with Crippen LogP contribution in [-0.4, -0.2) is 51.6 Å². The Kier molecular flexibility index (Phi) is 7.55. The van der Waals surface area contributed by atoms with Gasteiger partial charge in [0.15, 0.2) is 5.96 Å². The molecule has 0 bridgehead atoms. The summed E-state index contributed by atoms with van der Waals surface area (Å²) in [5.41, 5.74) is 3.22. The van der Waals surface area contributed by atoms with Crippen molar-refractivity contribution in [1.82, 2.24) is 15.5 Å². The van der Waals surface area contributed by atoms with Crippen LogP contribution in [0, 0.1) is 0 Å². The number of aliphatic imine (C=N–C) groups is 1. The van der Waals surface area contributed by atoms with E-state index in [4.69, 9.17) is 4.74 Å². The van der Waals surface area contributed by atoms with Crippen LogP contribution in [0.5, 0.6) is 5.75 Å². The quantitative estimate of drug-likeness (QED) is 0.529. The molecule has 0 spiro atoms. The molecule has 1 amide bonds. The summed E-state index contributed by atoms with van der Waals surface area (Å²) in [5, 5.41) is 6.93. The third kappa shape index (κ3) is 5.57. The van der Waals surface area contributed by atoms with Gasteiger partial charge in [0.25, 0.3) is 5.91 Å². The highest BCUT2D eigenvalue weighted by Crippen LogP contribution is 2.41. The molecule has 6 heteroatoms. The van der Waals surface area contributed by atoms with E-state index in [1.807, 2.05) is 30.3 Å². The maximum Gasteiger partial charge on any atom is 0.253 e. The molecule has 2 N–H and O–H groups in total. The van der Waals surface area contributed by atoms with Crippen molar-refractivity contribution in [2.24, 2.45) is 4.99 Å². The average molecular weight is 423 g/mol. The number of benzene rings is 2. The number of ether oxygens (including phenoxy) is 1. The van der Waals surface area contributed by atoms with Crippen molar-refractivity contribution in [2.75, 3.05) is 34.8 Å². The fraction of sp³-hybridized carbons (Fsp3) is 0.440. The van der Waals surface area contributed by atoms with Crippen LogP contribution in [0.4, 0.5) is 0 Å². The lowest BCUT2D eigenvalue weighted by molar-refractivity contribution is 0.0827. The smallest absolute Gasteiger partial charge is 0.253 e. The van der Waals surface area contributed by atoms with Gasteiger partial charge < -0.3 is 20.3 Å². The number of rotatable bonds is 7. The van der Waals surface area contributed by atoms with Gasteiger partial charge in [-0.05, 0) is 48.2 Å². The van der Waals surface area contributed by atoms with Crippen LogP contribution in [0.15, 0.2) is 53.5 Å². The second kappa shape index (κ2) is 10.3. The third-order valence-electron chi connectivity index (χ3n) is 6.13. The van der Waals surface area contributed by atoms with Crippen molar-refractivity contribution in [3.8, 4) is 5.75 Å². The lowest BCUT2D eigenvalue weighted by atomic mass is 9.78. The van der Waals surface area contributed by atoms with E-state index in [2.05, 4.69) is 33.8 Å². The zero-order valence-corrected chi connectivity index (χ0v) is 19.1. The van der Waals surface area contributed by atoms with E-state index in [1.165, 1.54) is 18.4 Å². The van der Waals surface area contributed by atoms with Gasteiger partial charge in [0.05, 0.1) is 7.11 Å². The molecule has 1 fully saturated rings. The molecule has 0 heterocycles. The monoisotopic (exact) mass is 422 g/mol. The lowest BCUT2D eigenvalue weighted by Crippen LogP contribution is -2.44. The Balaban J connectivity index is 1.61. The predicted molar refractivity (Wildman–Crippen MR) is 126 cm³/mol. The van der Waals surface area contributed by atoms with Crippen LogP contribution in [0.1, 0.15) is 47.2 Å². The molecule has 0 aliphatic heterocycles. The van der Waals surface area contributed by atoms with Gasteiger partial charge in [0.1, 0.15) is 5.75 Å². The number of carbonyl (C=O) groups is 1. The number of amides is 1. The average Bonchev–Trinajstić information content (AvgIpc) is 3.29. The Morgan fingerprint density at radius 1 is 1.10 bits per heavy atom. The molecule has 3 rings (SSSR count). The van der Waals surface area contributed by atoms with Gasteiger partial charge in [-0.15, -0.1) is 0 Å². The van der Waals surface area contributed by atoms with Gasteiger partial charge >= 0.3 is 0 Å². The molecule has 166 valence electrons. The Morgan fingerprint density at radius 3 is 2.42 bits per heavy atom. The largest absolute Gasteiger partial charge is 0.497 e. The minimum Gasteiger partial charge on any atom is -0.497 e. The van der Waals surface area contributed by atoms with E-state index in [0.717, 1.165) is 36.7 Å². The van der Waals surface area contributed by atoms with Crippen molar-refractivity contribution in [3.05, 3.63) is 65.2 Å². The summed E-state index contributed by atoms with van der Waals surface area (Å²) in [6.45, 7) is 1.47. The van der Waals surface area contributed by atoms with Gasteiger partial charge in [-0.3, -0.25) is 9.79 Å². The maximum atomic E-state index is 12.0. The molecule has 0 radical (unpaired) electrons. The summed E-state index contributed by atoms with van der Waals surface area (Å²) in [7, 11) is 7.03. The van der Waals surface area contributed by atoms with Crippen molar-refractivity contribution < 1.29 is 9.53 Å². The predicted octanol–water partition coefficient (Wildman–Crippen LogP) is 3.57. The molecule has 1 saturated carbocycles. The molecule has 1 aliphatic rings. The number of carbonyl (C=O) groups excluding carboxylic acids is 1. The molecular formula is C25H34N4O2. The third-order valence-corrected chi connectivity index (χ3v) is 6.13. The first kappa shape index (κ1) is 22.7. The molecule has 31 heavy (non-hydrogen) atoms. The summed E-state index contributed by atoms with van der Waals surface area (Å²) < 4.78 is 5.45. The van der Waals surface area contributed by atoms with Crippen molar-refractivity contribution >= 4 is 11.9 Å². The molecule has 0 atom stereocenters. The SMILES string of the molecule is CN=C(NCc1ccc(C(=O)N(C)C)cc1)NCC1(c2cccc(OC)c2)CCCC1. The second-order valence-corrected chi connectivity index (χ2v) is 8.40. The number of nitrogens with zero attached hydrogens (tertiary/aromatic N) is 2.